The Hall–Kier alpha value is -3.08. The normalized spacial score (nSPS) is 11.0. The van der Waals surface area contributed by atoms with Crippen LogP contribution in [0.1, 0.15) is 18.2 Å². The Kier molecular flexibility index (Phi) is 5.14. The molecule has 0 radical (unpaired) electrons. The van der Waals surface area contributed by atoms with E-state index in [0.29, 0.717) is 6.61 Å². The van der Waals surface area contributed by atoms with Crippen molar-refractivity contribution in [3.63, 3.8) is 0 Å². The standard InChI is InChI=1S/C20H21N3O2/c1-4-25-17-9-10-18-19(12-17)22-14(2)11-20(18)23-21-13-15-5-7-16(24-3)8-6-15/h5-13H,4H2,1-3H3,(H,22,23). The van der Waals surface area contributed by atoms with Crippen molar-refractivity contribution in [1.29, 1.82) is 0 Å². The third-order valence-electron chi connectivity index (χ3n) is 3.73. The first kappa shape index (κ1) is 16.8. The van der Waals surface area contributed by atoms with Gasteiger partial charge in [-0.3, -0.25) is 10.4 Å². The number of hydrogen-bond donors (Lipinski definition) is 1. The van der Waals surface area contributed by atoms with E-state index >= 15 is 0 Å². The van der Waals surface area contributed by atoms with Gasteiger partial charge < -0.3 is 9.47 Å². The second kappa shape index (κ2) is 7.66. The molecule has 0 amide bonds. The van der Waals surface area contributed by atoms with Gasteiger partial charge in [-0.15, -0.1) is 0 Å². The number of benzene rings is 2. The summed E-state index contributed by atoms with van der Waals surface area (Å²) in [5.41, 5.74) is 6.82. The number of hydrogen-bond acceptors (Lipinski definition) is 5. The van der Waals surface area contributed by atoms with Gasteiger partial charge in [-0.05, 0) is 61.9 Å². The smallest absolute Gasteiger partial charge is 0.121 e. The van der Waals surface area contributed by atoms with E-state index in [4.69, 9.17) is 9.47 Å². The molecule has 0 saturated heterocycles. The van der Waals surface area contributed by atoms with Gasteiger partial charge in [0.15, 0.2) is 0 Å². The topological polar surface area (TPSA) is 55.7 Å². The summed E-state index contributed by atoms with van der Waals surface area (Å²) in [5, 5.41) is 5.34. The van der Waals surface area contributed by atoms with E-state index in [0.717, 1.165) is 39.3 Å². The Morgan fingerprint density at radius 3 is 2.56 bits per heavy atom. The van der Waals surface area contributed by atoms with Crippen molar-refractivity contribution in [2.75, 3.05) is 19.1 Å². The van der Waals surface area contributed by atoms with Gasteiger partial charge in [0.25, 0.3) is 0 Å². The number of hydrazone groups is 1. The quantitative estimate of drug-likeness (QED) is 0.536. The van der Waals surface area contributed by atoms with Gasteiger partial charge in [-0.25, -0.2) is 0 Å². The zero-order valence-corrected chi connectivity index (χ0v) is 14.6. The molecule has 3 rings (SSSR count). The van der Waals surface area contributed by atoms with Gasteiger partial charge in [-0.2, -0.15) is 5.10 Å². The van der Waals surface area contributed by atoms with Crippen molar-refractivity contribution in [3.05, 3.63) is 59.8 Å². The SMILES string of the molecule is CCOc1ccc2c(NN=Cc3ccc(OC)cc3)cc(C)nc2c1. The lowest BCUT2D eigenvalue weighted by Crippen LogP contribution is -1.96. The molecule has 0 saturated carbocycles. The zero-order chi connectivity index (χ0) is 17.6. The molecule has 128 valence electrons. The zero-order valence-electron chi connectivity index (χ0n) is 14.6. The monoisotopic (exact) mass is 335 g/mol. The molecule has 0 bridgehead atoms. The largest absolute Gasteiger partial charge is 0.497 e. The minimum absolute atomic E-state index is 0.634. The number of pyridine rings is 1. The van der Waals surface area contributed by atoms with E-state index in [-0.39, 0.29) is 0 Å². The molecule has 1 N–H and O–H groups in total. The Morgan fingerprint density at radius 1 is 1.08 bits per heavy atom. The molecule has 1 heterocycles. The van der Waals surface area contributed by atoms with Crippen LogP contribution in [0.2, 0.25) is 0 Å². The molecule has 0 aliphatic carbocycles. The molecule has 5 nitrogen and oxygen atoms in total. The number of rotatable bonds is 6. The average Bonchev–Trinajstić information content (AvgIpc) is 2.62. The summed E-state index contributed by atoms with van der Waals surface area (Å²) in [6, 6.07) is 15.6. The first-order valence-corrected chi connectivity index (χ1v) is 8.17. The van der Waals surface area contributed by atoms with Crippen LogP contribution in [0, 0.1) is 6.92 Å². The van der Waals surface area contributed by atoms with Crippen LogP contribution in [-0.4, -0.2) is 24.9 Å². The minimum atomic E-state index is 0.634. The number of methoxy groups -OCH3 is 1. The van der Waals surface area contributed by atoms with E-state index in [1.54, 1.807) is 13.3 Å². The number of nitrogens with one attached hydrogen (secondary N) is 1. The fourth-order valence-electron chi connectivity index (χ4n) is 2.56. The molecule has 5 heteroatoms. The van der Waals surface area contributed by atoms with Gasteiger partial charge in [-0.1, -0.05) is 0 Å². The molecule has 0 fully saturated rings. The van der Waals surface area contributed by atoms with Gasteiger partial charge in [0, 0.05) is 17.1 Å². The summed E-state index contributed by atoms with van der Waals surface area (Å²) in [5.74, 6) is 1.65. The highest BCUT2D eigenvalue weighted by molar-refractivity contribution is 5.92. The van der Waals surface area contributed by atoms with Crippen LogP contribution in [0.15, 0.2) is 53.6 Å². The summed E-state index contributed by atoms with van der Waals surface area (Å²) in [6.45, 7) is 4.56. The highest BCUT2D eigenvalue weighted by Gasteiger charge is 2.05. The second-order valence-electron chi connectivity index (χ2n) is 5.57. The van der Waals surface area contributed by atoms with Crippen molar-refractivity contribution < 1.29 is 9.47 Å². The van der Waals surface area contributed by atoms with E-state index < -0.39 is 0 Å². The molecule has 0 aliphatic heterocycles. The molecule has 0 spiro atoms. The van der Waals surface area contributed by atoms with Gasteiger partial charge >= 0.3 is 0 Å². The first-order valence-electron chi connectivity index (χ1n) is 8.17. The third-order valence-corrected chi connectivity index (χ3v) is 3.73. The lowest BCUT2D eigenvalue weighted by molar-refractivity contribution is 0.340. The van der Waals surface area contributed by atoms with Crippen LogP contribution in [0.25, 0.3) is 10.9 Å². The van der Waals surface area contributed by atoms with Crippen LogP contribution < -0.4 is 14.9 Å². The third kappa shape index (κ3) is 4.07. The van der Waals surface area contributed by atoms with Gasteiger partial charge in [0.05, 0.1) is 31.1 Å². The van der Waals surface area contributed by atoms with Crippen LogP contribution in [0.4, 0.5) is 5.69 Å². The van der Waals surface area contributed by atoms with E-state index in [1.807, 2.05) is 62.4 Å². The maximum absolute atomic E-state index is 5.55. The lowest BCUT2D eigenvalue weighted by Gasteiger charge is -2.09. The number of ether oxygens (including phenoxy) is 2. The van der Waals surface area contributed by atoms with Crippen LogP contribution in [-0.2, 0) is 0 Å². The highest BCUT2D eigenvalue weighted by atomic mass is 16.5. The molecule has 0 atom stereocenters. The Labute approximate surface area is 147 Å². The highest BCUT2D eigenvalue weighted by Crippen LogP contribution is 2.27. The molecule has 0 unspecified atom stereocenters. The molecular weight excluding hydrogens is 314 g/mol. The number of aromatic nitrogens is 1. The molecule has 0 aliphatic rings. The van der Waals surface area contributed by atoms with Crippen molar-refractivity contribution in [3.8, 4) is 11.5 Å². The first-order chi connectivity index (χ1) is 12.2. The maximum atomic E-state index is 5.55. The van der Waals surface area contributed by atoms with E-state index in [2.05, 4.69) is 15.5 Å². The van der Waals surface area contributed by atoms with Crippen LogP contribution >= 0.6 is 0 Å². The Bertz CT molecular complexity index is 889. The summed E-state index contributed by atoms with van der Waals surface area (Å²) in [6.07, 6.45) is 1.77. The summed E-state index contributed by atoms with van der Waals surface area (Å²) in [7, 11) is 1.65. The van der Waals surface area contributed by atoms with Crippen LogP contribution in [0.5, 0.6) is 11.5 Å². The van der Waals surface area contributed by atoms with E-state index in [1.165, 1.54) is 0 Å². The van der Waals surface area contributed by atoms with Crippen molar-refractivity contribution in [2.45, 2.75) is 13.8 Å². The van der Waals surface area contributed by atoms with Crippen molar-refractivity contribution >= 4 is 22.8 Å². The summed E-state index contributed by atoms with van der Waals surface area (Å²) >= 11 is 0. The maximum Gasteiger partial charge on any atom is 0.121 e. The number of anilines is 1. The number of nitrogens with zero attached hydrogens (tertiary/aromatic N) is 2. The molecule has 2 aromatic carbocycles. The van der Waals surface area contributed by atoms with Gasteiger partial charge in [0.1, 0.15) is 11.5 Å². The Balaban J connectivity index is 1.83. The number of aryl methyl sites for hydroxylation is 1. The van der Waals surface area contributed by atoms with Gasteiger partial charge in [0.2, 0.25) is 0 Å². The molecule has 3 aromatic rings. The molecular formula is C20H21N3O2. The predicted molar refractivity (Wildman–Crippen MR) is 102 cm³/mol. The van der Waals surface area contributed by atoms with Crippen LogP contribution in [0.3, 0.4) is 0 Å². The predicted octanol–water partition coefficient (Wildman–Crippen LogP) is 4.40. The molecule has 25 heavy (non-hydrogen) atoms. The Morgan fingerprint density at radius 2 is 1.84 bits per heavy atom. The lowest BCUT2D eigenvalue weighted by atomic mass is 10.1. The molecule has 1 aromatic heterocycles. The summed E-state index contributed by atoms with van der Waals surface area (Å²) < 4.78 is 10.7. The number of fused-ring (bicyclic) bond motifs is 1. The van der Waals surface area contributed by atoms with E-state index in [9.17, 15) is 0 Å². The summed E-state index contributed by atoms with van der Waals surface area (Å²) in [4.78, 5) is 4.58. The fourth-order valence-corrected chi connectivity index (χ4v) is 2.56. The average molecular weight is 335 g/mol. The fraction of sp³-hybridized carbons (Fsp3) is 0.200. The second-order valence-corrected chi connectivity index (χ2v) is 5.57. The van der Waals surface area contributed by atoms with Crippen molar-refractivity contribution in [2.24, 2.45) is 5.10 Å². The van der Waals surface area contributed by atoms with Crippen molar-refractivity contribution in [1.82, 2.24) is 4.98 Å². The minimum Gasteiger partial charge on any atom is -0.497 e.